The van der Waals surface area contributed by atoms with Gasteiger partial charge in [0.25, 0.3) is 0 Å². The second-order valence-electron chi connectivity index (χ2n) is 2.62. The van der Waals surface area contributed by atoms with Crippen LogP contribution < -0.4 is 0 Å². The summed E-state index contributed by atoms with van der Waals surface area (Å²) in [5.74, 6) is 0. The zero-order valence-electron chi connectivity index (χ0n) is 5.91. The Hall–Kier alpha value is 0.914. The molecule has 0 aromatic rings. The van der Waals surface area contributed by atoms with Crippen LogP contribution in [0, 0.1) is 0 Å². The van der Waals surface area contributed by atoms with Crippen LogP contribution in [0.3, 0.4) is 0 Å². The zero-order valence-corrected chi connectivity index (χ0v) is 9.50. The molecule has 0 nitrogen and oxygen atoms in total. The summed E-state index contributed by atoms with van der Waals surface area (Å²) in [6.07, 6.45) is 0. The number of halogens is 1. The first-order valence-corrected chi connectivity index (χ1v) is 9.96. The first-order valence-electron chi connectivity index (χ1n) is 3.66. The fourth-order valence-corrected chi connectivity index (χ4v) is 11.0. The molecule has 0 atom stereocenters. The quantitative estimate of drug-likeness (QED) is 0.472. The summed E-state index contributed by atoms with van der Waals surface area (Å²) in [7, 11) is 0.178. The number of rotatable bonds is 1. The molecule has 1 fully saturated rings. The van der Waals surface area contributed by atoms with Crippen molar-refractivity contribution in [3.63, 3.8) is 0 Å². The van der Waals surface area contributed by atoms with E-state index in [1.54, 1.807) is 24.2 Å². The van der Waals surface area contributed by atoms with Crippen molar-refractivity contribution in [3.05, 3.63) is 0 Å². The lowest BCUT2D eigenvalue weighted by Gasteiger charge is -2.20. The number of hydrogen-bond donors (Lipinski definition) is 0. The third-order valence-corrected chi connectivity index (χ3v) is 9.88. The van der Waals surface area contributed by atoms with Crippen LogP contribution in [-0.2, 0) is 0 Å². The normalized spacial score (nSPS) is 24.7. The molecule has 0 saturated carbocycles. The molecule has 1 heterocycles. The Kier molecular flexibility index (Phi) is 3.50. The molecular weight excluding hydrogens is 208 g/mol. The van der Waals surface area contributed by atoms with E-state index in [9.17, 15) is 0 Å². The molecule has 0 aromatic carbocycles. The lowest BCUT2D eigenvalue weighted by Crippen LogP contribution is -2.21. The highest BCUT2D eigenvalue weighted by Gasteiger charge is 2.19. The van der Waals surface area contributed by atoms with Crippen LogP contribution in [0.15, 0.2) is 0 Å². The molecular formula is C6H13BrSi2. The maximum atomic E-state index is 3.76. The van der Waals surface area contributed by atoms with Crippen molar-refractivity contribution in [2.45, 2.75) is 37.1 Å². The van der Waals surface area contributed by atoms with E-state index in [1.165, 1.54) is 6.04 Å². The van der Waals surface area contributed by atoms with Crippen LogP contribution in [0.25, 0.3) is 0 Å². The standard InChI is InChI=1S/C6H13BrSi2/c1-2-8-3-5-9(7)6-4-8/h2-6H2,1H3. The smallest absolute Gasteiger partial charge is 0.129 e. The second kappa shape index (κ2) is 3.93. The van der Waals surface area contributed by atoms with Gasteiger partial charge in [-0.15, -0.1) is 15.3 Å². The summed E-state index contributed by atoms with van der Waals surface area (Å²) in [6.45, 7) is 2.36. The molecule has 3 heteroatoms. The molecule has 0 bridgehead atoms. The summed E-state index contributed by atoms with van der Waals surface area (Å²) in [6, 6.07) is 7.80. The minimum atomic E-state index is 0.00250. The van der Waals surface area contributed by atoms with E-state index in [0.717, 1.165) is 0 Å². The molecule has 0 aliphatic carbocycles. The lowest BCUT2D eigenvalue weighted by molar-refractivity contribution is 1.16. The summed E-state index contributed by atoms with van der Waals surface area (Å²) < 4.78 is 0. The molecule has 52 valence electrons. The van der Waals surface area contributed by atoms with E-state index in [4.69, 9.17) is 0 Å². The van der Waals surface area contributed by atoms with Crippen LogP contribution in [0.2, 0.25) is 30.2 Å². The van der Waals surface area contributed by atoms with Crippen LogP contribution >= 0.6 is 15.3 Å². The SMILES string of the molecule is CC[Si]1CC[Si](Br)CC1. The van der Waals surface area contributed by atoms with Gasteiger partial charge >= 0.3 is 0 Å². The van der Waals surface area contributed by atoms with Crippen molar-refractivity contribution in [2.24, 2.45) is 0 Å². The monoisotopic (exact) mass is 220 g/mol. The fraction of sp³-hybridized carbons (Fsp3) is 1.00. The van der Waals surface area contributed by atoms with Gasteiger partial charge in [0.2, 0.25) is 0 Å². The molecule has 0 spiro atoms. The molecule has 0 unspecified atom stereocenters. The number of hydrogen-bond acceptors (Lipinski definition) is 0. The molecule has 0 aromatic heterocycles. The van der Waals surface area contributed by atoms with Crippen LogP contribution in [0.5, 0.6) is 0 Å². The molecule has 0 N–H and O–H groups in total. The maximum absolute atomic E-state index is 3.76. The highest BCUT2D eigenvalue weighted by molar-refractivity contribution is 9.24. The predicted molar refractivity (Wildman–Crippen MR) is 50.1 cm³/mol. The van der Waals surface area contributed by atoms with Crippen molar-refractivity contribution in [1.29, 1.82) is 0 Å². The third kappa shape index (κ3) is 2.55. The molecule has 9 heavy (non-hydrogen) atoms. The van der Waals surface area contributed by atoms with Gasteiger partial charge in [-0.1, -0.05) is 37.1 Å². The van der Waals surface area contributed by atoms with Gasteiger partial charge in [-0.3, -0.25) is 0 Å². The summed E-state index contributed by atoms with van der Waals surface area (Å²) >= 11 is 3.76. The minimum absolute atomic E-state index is 0.00250. The third-order valence-electron chi connectivity index (χ3n) is 2.00. The van der Waals surface area contributed by atoms with Crippen LogP contribution in [0.1, 0.15) is 6.92 Å². The zero-order chi connectivity index (χ0) is 6.69. The van der Waals surface area contributed by atoms with Crippen molar-refractivity contribution in [3.8, 4) is 0 Å². The Balaban J connectivity index is 2.18. The second-order valence-corrected chi connectivity index (χ2v) is 11.2. The van der Waals surface area contributed by atoms with Crippen molar-refractivity contribution >= 4 is 31.5 Å². The van der Waals surface area contributed by atoms with Gasteiger partial charge in [0.1, 0.15) is 7.42 Å². The summed E-state index contributed by atoms with van der Waals surface area (Å²) in [5.41, 5.74) is 0. The van der Waals surface area contributed by atoms with Gasteiger partial charge in [-0.25, -0.2) is 0 Å². The average molecular weight is 221 g/mol. The first kappa shape index (κ1) is 8.01. The van der Waals surface area contributed by atoms with Crippen molar-refractivity contribution < 1.29 is 0 Å². The Morgan fingerprint density at radius 3 is 2.22 bits per heavy atom. The molecule has 1 aliphatic heterocycles. The van der Waals surface area contributed by atoms with E-state index in [1.807, 2.05) is 0 Å². The van der Waals surface area contributed by atoms with E-state index in [-0.39, 0.29) is 16.2 Å². The molecule has 2 radical (unpaired) electrons. The fourth-order valence-electron chi connectivity index (χ4n) is 1.23. The molecule has 1 rings (SSSR count). The highest BCUT2D eigenvalue weighted by Crippen LogP contribution is 2.25. The largest absolute Gasteiger partial charge is 0.134 e. The van der Waals surface area contributed by atoms with E-state index < -0.39 is 0 Å². The highest BCUT2D eigenvalue weighted by atomic mass is 79.9. The Bertz CT molecular complexity index is 79.1. The van der Waals surface area contributed by atoms with Gasteiger partial charge in [0, 0.05) is 8.80 Å². The lowest BCUT2D eigenvalue weighted by atomic mass is 10.9. The Morgan fingerprint density at radius 2 is 1.78 bits per heavy atom. The van der Waals surface area contributed by atoms with Gasteiger partial charge in [0.15, 0.2) is 0 Å². The van der Waals surface area contributed by atoms with Crippen molar-refractivity contribution in [2.75, 3.05) is 0 Å². The molecule has 1 aliphatic rings. The summed E-state index contributed by atoms with van der Waals surface area (Å²) in [5, 5.41) is 0. The van der Waals surface area contributed by atoms with Crippen molar-refractivity contribution in [1.82, 2.24) is 0 Å². The van der Waals surface area contributed by atoms with Gasteiger partial charge in [-0.2, -0.15) is 0 Å². The van der Waals surface area contributed by atoms with E-state index in [0.29, 0.717) is 0 Å². The summed E-state index contributed by atoms with van der Waals surface area (Å²) in [4.78, 5) is 0. The van der Waals surface area contributed by atoms with E-state index >= 15 is 0 Å². The maximum Gasteiger partial charge on any atom is 0.134 e. The van der Waals surface area contributed by atoms with Crippen LogP contribution in [-0.4, -0.2) is 16.2 Å². The van der Waals surface area contributed by atoms with Gasteiger partial charge in [-0.05, 0) is 0 Å². The van der Waals surface area contributed by atoms with Crippen LogP contribution in [0.4, 0.5) is 0 Å². The van der Waals surface area contributed by atoms with Gasteiger partial charge < -0.3 is 0 Å². The first-order chi connectivity index (χ1) is 4.33. The average Bonchev–Trinajstić information content (AvgIpc) is 1.90. The topological polar surface area (TPSA) is 0 Å². The van der Waals surface area contributed by atoms with Gasteiger partial charge in [0.05, 0.1) is 0 Å². The molecule has 0 amide bonds. The molecule has 1 saturated heterocycles. The Labute approximate surface area is 68.8 Å². The minimum Gasteiger partial charge on any atom is -0.129 e. The Morgan fingerprint density at radius 1 is 1.22 bits per heavy atom. The predicted octanol–water partition coefficient (Wildman–Crippen LogP) is 2.90. The van der Waals surface area contributed by atoms with E-state index in [2.05, 4.69) is 22.2 Å².